The monoisotopic (exact) mass is 290 g/mol. The molecule has 1 fully saturated rings. The lowest BCUT2D eigenvalue weighted by atomic mass is 10.1. The summed E-state index contributed by atoms with van der Waals surface area (Å²) in [6, 6.07) is 2.53. The van der Waals surface area contributed by atoms with Gasteiger partial charge in [0.05, 0.1) is 10.0 Å². The van der Waals surface area contributed by atoms with Crippen molar-refractivity contribution in [2.75, 3.05) is 11.9 Å². The van der Waals surface area contributed by atoms with Gasteiger partial charge in [0.25, 0.3) is 0 Å². The molecule has 98 valence electrons. The summed E-state index contributed by atoms with van der Waals surface area (Å²) in [5, 5.41) is 5.73. The van der Waals surface area contributed by atoms with Crippen LogP contribution in [0.1, 0.15) is 19.3 Å². The number of hydrogen-bond donors (Lipinski definition) is 2. The fourth-order valence-electron chi connectivity index (χ4n) is 1.92. The zero-order chi connectivity index (χ0) is 13.1. The minimum atomic E-state index is -0.644. The van der Waals surface area contributed by atoms with Gasteiger partial charge in [-0.1, -0.05) is 23.2 Å². The van der Waals surface area contributed by atoms with Crippen molar-refractivity contribution < 1.29 is 9.18 Å². The van der Waals surface area contributed by atoms with Crippen molar-refractivity contribution in [3.05, 3.63) is 28.0 Å². The number of carbonyl (C=O) groups is 1. The van der Waals surface area contributed by atoms with Crippen molar-refractivity contribution in [3.63, 3.8) is 0 Å². The molecule has 1 aromatic rings. The Labute approximate surface area is 115 Å². The first-order chi connectivity index (χ1) is 8.58. The Hall–Kier alpha value is -1.00. The zero-order valence-corrected chi connectivity index (χ0v) is 11.1. The molecule has 1 aliphatic rings. The summed E-state index contributed by atoms with van der Waals surface area (Å²) < 4.78 is 13.3. The van der Waals surface area contributed by atoms with Crippen molar-refractivity contribution in [2.45, 2.75) is 25.3 Å². The van der Waals surface area contributed by atoms with Crippen molar-refractivity contribution in [1.29, 1.82) is 0 Å². The Balaban J connectivity index is 2.15. The van der Waals surface area contributed by atoms with Crippen molar-refractivity contribution in [3.8, 4) is 0 Å². The van der Waals surface area contributed by atoms with Crippen molar-refractivity contribution in [2.24, 2.45) is 0 Å². The minimum absolute atomic E-state index is 0.0518. The third-order valence-corrected chi connectivity index (χ3v) is 3.41. The van der Waals surface area contributed by atoms with E-state index in [0.717, 1.165) is 19.3 Å². The van der Waals surface area contributed by atoms with Crippen molar-refractivity contribution in [1.82, 2.24) is 5.32 Å². The van der Waals surface area contributed by atoms with Gasteiger partial charge in [0.1, 0.15) is 6.04 Å². The van der Waals surface area contributed by atoms with Crippen LogP contribution >= 0.6 is 23.2 Å². The van der Waals surface area contributed by atoms with Crippen LogP contribution in [0.3, 0.4) is 0 Å². The summed E-state index contributed by atoms with van der Waals surface area (Å²) in [4.78, 5) is 11.7. The molecule has 1 saturated heterocycles. The number of hydrogen-bond acceptors (Lipinski definition) is 2. The summed E-state index contributed by atoms with van der Waals surface area (Å²) in [5.41, 5.74) is 0.549. The molecular weight excluding hydrogens is 278 g/mol. The molecule has 1 heterocycles. The average Bonchev–Trinajstić information content (AvgIpc) is 2.52. The van der Waals surface area contributed by atoms with Gasteiger partial charge in [0, 0.05) is 12.2 Å². The molecule has 1 amide bonds. The third-order valence-electron chi connectivity index (χ3n) is 2.86. The second-order valence-electron chi connectivity index (χ2n) is 4.24. The van der Waals surface area contributed by atoms with E-state index in [4.69, 9.17) is 23.2 Å². The van der Waals surface area contributed by atoms with Gasteiger partial charge < -0.3 is 10.6 Å². The molecule has 1 unspecified atom stereocenters. The van der Waals surface area contributed by atoms with E-state index < -0.39 is 5.82 Å². The normalized spacial score (nSPS) is 20.2. The fraction of sp³-hybridized carbons (Fsp3) is 0.417. The van der Waals surface area contributed by atoms with E-state index >= 15 is 0 Å². The molecule has 0 aliphatic carbocycles. The number of benzene rings is 1. The average molecular weight is 291 g/mol. The quantitative estimate of drug-likeness (QED) is 0.821. The predicted octanol–water partition coefficient (Wildman–Crippen LogP) is 3.21. The van der Waals surface area contributed by atoms with E-state index in [9.17, 15) is 9.18 Å². The lowest BCUT2D eigenvalue weighted by Crippen LogP contribution is -2.37. The summed E-state index contributed by atoms with van der Waals surface area (Å²) in [6.45, 7) is 0.696. The van der Waals surface area contributed by atoms with E-state index in [1.54, 1.807) is 0 Å². The minimum Gasteiger partial charge on any atom is -0.374 e. The topological polar surface area (TPSA) is 41.1 Å². The molecular formula is C12H13Cl2FN2O. The SMILES string of the molecule is O=C1NCCCCC1Nc1cc(Cl)c(F)c(Cl)c1. The van der Waals surface area contributed by atoms with Crippen LogP contribution in [0.15, 0.2) is 12.1 Å². The summed E-state index contributed by atoms with van der Waals surface area (Å²) in [5.74, 6) is -0.696. The second-order valence-corrected chi connectivity index (χ2v) is 5.05. The van der Waals surface area contributed by atoms with Crippen LogP contribution in [0.4, 0.5) is 10.1 Å². The fourth-order valence-corrected chi connectivity index (χ4v) is 2.40. The first kappa shape index (κ1) is 13.4. The molecule has 1 atom stereocenters. The van der Waals surface area contributed by atoms with Gasteiger partial charge in [0.15, 0.2) is 5.82 Å². The lowest BCUT2D eigenvalue weighted by molar-refractivity contribution is -0.121. The number of amides is 1. The number of carbonyl (C=O) groups excluding carboxylic acids is 1. The van der Waals surface area contributed by atoms with Gasteiger partial charge in [-0.2, -0.15) is 0 Å². The molecule has 0 radical (unpaired) electrons. The Morgan fingerprint density at radius 3 is 2.61 bits per heavy atom. The number of nitrogens with one attached hydrogen (secondary N) is 2. The standard InChI is InChI=1S/C12H13Cl2FN2O/c13-8-5-7(6-9(14)11(8)15)17-10-3-1-2-4-16-12(10)18/h5-6,10,17H,1-4H2,(H,16,18). The van der Waals surface area contributed by atoms with E-state index in [2.05, 4.69) is 10.6 Å². The molecule has 1 aromatic carbocycles. The highest BCUT2D eigenvalue weighted by Crippen LogP contribution is 2.28. The van der Waals surface area contributed by atoms with Gasteiger partial charge in [-0.25, -0.2) is 4.39 Å². The van der Waals surface area contributed by atoms with Crippen LogP contribution in [0.5, 0.6) is 0 Å². The van der Waals surface area contributed by atoms with Crippen LogP contribution in [-0.2, 0) is 4.79 Å². The number of anilines is 1. The first-order valence-electron chi connectivity index (χ1n) is 5.76. The van der Waals surface area contributed by atoms with Gasteiger partial charge in [-0.3, -0.25) is 4.79 Å². The van der Waals surface area contributed by atoms with Crippen LogP contribution in [0.2, 0.25) is 10.0 Å². The molecule has 2 rings (SSSR count). The molecule has 3 nitrogen and oxygen atoms in total. The Bertz CT molecular complexity index is 444. The largest absolute Gasteiger partial charge is 0.374 e. The molecule has 1 aliphatic heterocycles. The van der Waals surface area contributed by atoms with E-state index in [0.29, 0.717) is 12.2 Å². The first-order valence-corrected chi connectivity index (χ1v) is 6.52. The lowest BCUT2D eigenvalue weighted by Gasteiger charge is -2.17. The molecule has 0 aromatic heterocycles. The van der Waals surface area contributed by atoms with Crippen LogP contribution in [-0.4, -0.2) is 18.5 Å². The second kappa shape index (κ2) is 5.76. The summed E-state index contributed by atoms with van der Waals surface area (Å²) in [7, 11) is 0. The number of rotatable bonds is 2. The maximum atomic E-state index is 13.3. The number of halogens is 3. The molecule has 0 bridgehead atoms. The highest BCUT2D eigenvalue weighted by Gasteiger charge is 2.20. The molecule has 0 spiro atoms. The molecule has 0 saturated carbocycles. The Kier molecular flexibility index (Phi) is 4.30. The smallest absolute Gasteiger partial charge is 0.242 e. The Morgan fingerprint density at radius 2 is 1.94 bits per heavy atom. The Morgan fingerprint density at radius 1 is 1.28 bits per heavy atom. The van der Waals surface area contributed by atoms with Crippen molar-refractivity contribution >= 4 is 34.8 Å². The van der Waals surface area contributed by atoms with Gasteiger partial charge >= 0.3 is 0 Å². The van der Waals surface area contributed by atoms with Gasteiger partial charge in [-0.15, -0.1) is 0 Å². The van der Waals surface area contributed by atoms with Crippen LogP contribution in [0.25, 0.3) is 0 Å². The molecule has 2 N–H and O–H groups in total. The maximum Gasteiger partial charge on any atom is 0.242 e. The van der Waals surface area contributed by atoms with Gasteiger partial charge in [-0.05, 0) is 31.4 Å². The maximum absolute atomic E-state index is 13.3. The van der Waals surface area contributed by atoms with Crippen LogP contribution < -0.4 is 10.6 Å². The third kappa shape index (κ3) is 3.06. The summed E-state index contributed by atoms with van der Waals surface area (Å²) in [6.07, 6.45) is 2.66. The predicted molar refractivity (Wildman–Crippen MR) is 70.7 cm³/mol. The highest BCUT2D eigenvalue weighted by molar-refractivity contribution is 6.35. The molecule has 18 heavy (non-hydrogen) atoms. The van der Waals surface area contributed by atoms with Gasteiger partial charge in [0.2, 0.25) is 5.91 Å². The highest BCUT2D eigenvalue weighted by atomic mass is 35.5. The van der Waals surface area contributed by atoms with E-state index in [1.807, 2.05) is 0 Å². The van der Waals surface area contributed by atoms with E-state index in [1.165, 1.54) is 12.1 Å². The molecule has 6 heteroatoms. The zero-order valence-electron chi connectivity index (χ0n) is 9.60. The summed E-state index contributed by atoms with van der Waals surface area (Å²) >= 11 is 11.4. The van der Waals surface area contributed by atoms with Crippen LogP contribution in [0, 0.1) is 5.82 Å². The van der Waals surface area contributed by atoms with E-state index in [-0.39, 0.29) is 22.0 Å².